The molecule has 1 amide bonds. The summed E-state index contributed by atoms with van der Waals surface area (Å²) in [5.41, 5.74) is 1.32. The highest BCUT2D eigenvalue weighted by Gasteiger charge is 2.29. The number of anilines is 1. The molecule has 25 heavy (non-hydrogen) atoms. The van der Waals surface area contributed by atoms with Gasteiger partial charge in [-0.2, -0.15) is 0 Å². The van der Waals surface area contributed by atoms with Crippen LogP contribution in [-0.2, 0) is 4.74 Å². The smallest absolute Gasteiger partial charge is 0.253 e. The van der Waals surface area contributed by atoms with Gasteiger partial charge in [0, 0.05) is 26.9 Å². The van der Waals surface area contributed by atoms with Gasteiger partial charge in [-0.3, -0.25) is 4.79 Å². The van der Waals surface area contributed by atoms with Crippen LogP contribution in [0.25, 0.3) is 0 Å². The van der Waals surface area contributed by atoms with E-state index in [0.717, 1.165) is 24.2 Å². The summed E-state index contributed by atoms with van der Waals surface area (Å²) in [7, 11) is 3.79. The zero-order valence-electron chi connectivity index (χ0n) is 14.4. The number of pyridine rings is 1. The Morgan fingerprint density at radius 2 is 2.04 bits per heavy atom. The molecule has 0 aliphatic carbocycles. The number of carbonyl (C=O) groups excluding carboxylic acids is 1. The molecule has 3 rings (SSSR count). The van der Waals surface area contributed by atoms with E-state index in [1.807, 2.05) is 19.0 Å². The normalized spacial score (nSPS) is 18.0. The van der Waals surface area contributed by atoms with Crippen LogP contribution in [0.4, 0.5) is 10.2 Å². The maximum Gasteiger partial charge on any atom is 0.253 e. The maximum atomic E-state index is 13.2. The van der Waals surface area contributed by atoms with Crippen LogP contribution < -0.4 is 10.2 Å². The molecule has 2 aromatic rings. The zero-order valence-corrected chi connectivity index (χ0v) is 14.4. The SMILES string of the molecule is CN(C)c1ccc(C(=O)N[C@H](c2ccc(F)cc2)[C@H]2CCCO2)cn1. The lowest BCUT2D eigenvalue weighted by Gasteiger charge is -2.25. The fourth-order valence-corrected chi connectivity index (χ4v) is 2.94. The Morgan fingerprint density at radius 3 is 2.60 bits per heavy atom. The molecule has 2 heterocycles. The first-order chi connectivity index (χ1) is 12.0. The molecule has 132 valence electrons. The first-order valence-electron chi connectivity index (χ1n) is 8.36. The minimum Gasteiger partial charge on any atom is -0.376 e. The summed E-state index contributed by atoms with van der Waals surface area (Å²) in [6.07, 6.45) is 3.27. The highest BCUT2D eigenvalue weighted by atomic mass is 19.1. The first kappa shape index (κ1) is 17.4. The van der Waals surface area contributed by atoms with Gasteiger partial charge >= 0.3 is 0 Å². The number of hydrogen-bond donors (Lipinski definition) is 1. The van der Waals surface area contributed by atoms with Crippen LogP contribution in [0.3, 0.4) is 0 Å². The molecule has 2 atom stereocenters. The fraction of sp³-hybridized carbons (Fsp3) is 0.368. The maximum absolute atomic E-state index is 13.2. The Labute approximate surface area is 146 Å². The van der Waals surface area contributed by atoms with Gasteiger partial charge in [0.1, 0.15) is 11.6 Å². The monoisotopic (exact) mass is 343 g/mol. The summed E-state index contributed by atoms with van der Waals surface area (Å²) in [4.78, 5) is 18.8. The largest absolute Gasteiger partial charge is 0.376 e. The number of carbonyl (C=O) groups is 1. The standard InChI is InChI=1S/C19H22FN3O2/c1-23(2)17-10-7-14(12-21-17)19(24)22-18(16-4-3-11-25-16)13-5-8-15(20)9-6-13/h5-10,12,16,18H,3-4,11H2,1-2H3,(H,22,24)/t16-,18-/m1/s1. The molecular formula is C19H22FN3O2. The molecular weight excluding hydrogens is 321 g/mol. The predicted molar refractivity (Wildman–Crippen MR) is 94.1 cm³/mol. The molecule has 0 unspecified atom stereocenters. The summed E-state index contributed by atoms with van der Waals surface area (Å²) < 4.78 is 19.0. The van der Waals surface area contributed by atoms with E-state index in [1.54, 1.807) is 30.5 Å². The number of hydrogen-bond acceptors (Lipinski definition) is 4. The van der Waals surface area contributed by atoms with Crippen molar-refractivity contribution in [2.75, 3.05) is 25.6 Å². The summed E-state index contributed by atoms with van der Waals surface area (Å²) in [5, 5.41) is 3.02. The van der Waals surface area contributed by atoms with E-state index < -0.39 is 0 Å². The van der Waals surface area contributed by atoms with Crippen molar-refractivity contribution in [3.8, 4) is 0 Å². The molecule has 6 heteroatoms. The molecule has 1 aromatic carbocycles. The third-order valence-corrected chi connectivity index (χ3v) is 4.32. The van der Waals surface area contributed by atoms with E-state index in [1.165, 1.54) is 12.1 Å². The lowest BCUT2D eigenvalue weighted by atomic mass is 9.99. The molecule has 0 radical (unpaired) electrons. The van der Waals surface area contributed by atoms with Crippen molar-refractivity contribution < 1.29 is 13.9 Å². The molecule has 1 fully saturated rings. The number of aromatic nitrogens is 1. The second kappa shape index (κ2) is 7.61. The van der Waals surface area contributed by atoms with Crippen LogP contribution in [0.2, 0.25) is 0 Å². The van der Waals surface area contributed by atoms with Gasteiger partial charge in [-0.25, -0.2) is 9.37 Å². The van der Waals surface area contributed by atoms with Gasteiger partial charge in [-0.15, -0.1) is 0 Å². The van der Waals surface area contributed by atoms with E-state index in [0.29, 0.717) is 12.2 Å². The van der Waals surface area contributed by atoms with E-state index in [2.05, 4.69) is 10.3 Å². The zero-order chi connectivity index (χ0) is 17.8. The highest BCUT2D eigenvalue weighted by molar-refractivity contribution is 5.94. The van der Waals surface area contributed by atoms with Crippen molar-refractivity contribution in [2.45, 2.75) is 25.0 Å². The van der Waals surface area contributed by atoms with Crippen molar-refractivity contribution in [1.82, 2.24) is 10.3 Å². The number of nitrogens with zero attached hydrogens (tertiary/aromatic N) is 2. The Kier molecular flexibility index (Phi) is 5.28. The van der Waals surface area contributed by atoms with Gasteiger partial charge in [-0.05, 0) is 42.7 Å². The molecule has 5 nitrogen and oxygen atoms in total. The minimum absolute atomic E-state index is 0.108. The Bertz CT molecular complexity index is 710. The molecule has 1 aromatic heterocycles. The first-order valence-corrected chi connectivity index (χ1v) is 8.36. The van der Waals surface area contributed by atoms with Crippen molar-refractivity contribution in [1.29, 1.82) is 0 Å². The van der Waals surface area contributed by atoms with Gasteiger partial charge in [0.15, 0.2) is 0 Å². The fourth-order valence-electron chi connectivity index (χ4n) is 2.94. The van der Waals surface area contributed by atoms with Crippen LogP contribution in [0.15, 0.2) is 42.6 Å². The van der Waals surface area contributed by atoms with Crippen molar-refractivity contribution in [3.63, 3.8) is 0 Å². The Morgan fingerprint density at radius 1 is 1.28 bits per heavy atom. The minimum atomic E-state index is -0.316. The number of benzene rings is 1. The van der Waals surface area contributed by atoms with Gasteiger partial charge in [0.2, 0.25) is 0 Å². The molecule has 1 saturated heterocycles. The Balaban J connectivity index is 1.79. The quantitative estimate of drug-likeness (QED) is 0.907. The Hall–Kier alpha value is -2.47. The van der Waals surface area contributed by atoms with Crippen LogP contribution in [0.5, 0.6) is 0 Å². The molecule has 1 aliphatic rings. The second-order valence-corrected chi connectivity index (χ2v) is 6.35. The van der Waals surface area contributed by atoms with Crippen molar-refractivity contribution >= 4 is 11.7 Å². The van der Waals surface area contributed by atoms with Crippen molar-refractivity contribution in [3.05, 3.63) is 59.5 Å². The molecule has 1 aliphatic heterocycles. The lowest BCUT2D eigenvalue weighted by Crippen LogP contribution is -2.36. The summed E-state index contributed by atoms with van der Waals surface area (Å²) in [6.45, 7) is 0.678. The molecule has 1 N–H and O–H groups in total. The van der Waals surface area contributed by atoms with E-state index in [4.69, 9.17) is 4.74 Å². The number of nitrogens with one attached hydrogen (secondary N) is 1. The summed E-state index contributed by atoms with van der Waals surface area (Å²) in [5.74, 6) is 0.262. The summed E-state index contributed by atoms with van der Waals surface area (Å²) >= 11 is 0. The average Bonchev–Trinajstić information content (AvgIpc) is 3.15. The van der Waals surface area contributed by atoms with Crippen LogP contribution in [0.1, 0.15) is 34.8 Å². The number of ether oxygens (including phenoxy) is 1. The predicted octanol–water partition coefficient (Wildman–Crippen LogP) is 2.94. The van der Waals surface area contributed by atoms with Crippen molar-refractivity contribution in [2.24, 2.45) is 0 Å². The number of amides is 1. The van der Waals surface area contributed by atoms with Crippen LogP contribution in [-0.4, -0.2) is 37.7 Å². The van der Waals surface area contributed by atoms with E-state index in [9.17, 15) is 9.18 Å². The van der Waals surface area contributed by atoms with Gasteiger partial charge in [-0.1, -0.05) is 12.1 Å². The van der Waals surface area contributed by atoms with Gasteiger partial charge in [0.05, 0.1) is 17.7 Å². The molecule has 0 spiro atoms. The summed E-state index contributed by atoms with van der Waals surface area (Å²) in [6, 6.07) is 9.41. The van der Waals surface area contributed by atoms with Crippen LogP contribution >= 0.6 is 0 Å². The third kappa shape index (κ3) is 4.14. The van der Waals surface area contributed by atoms with Gasteiger partial charge in [0.25, 0.3) is 5.91 Å². The second-order valence-electron chi connectivity index (χ2n) is 6.35. The van der Waals surface area contributed by atoms with E-state index in [-0.39, 0.29) is 23.9 Å². The molecule has 0 bridgehead atoms. The molecule has 0 saturated carbocycles. The number of halogens is 1. The lowest BCUT2D eigenvalue weighted by molar-refractivity contribution is 0.0672. The third-order valence-electron chi connectivity index (χ3n) is 4.32. The number of rotatable bonds is 5. The average molecular weight is 343 g/mol. The topological polar surface area (TPSA) is 54.5 Å². The highest BCUT2D eigenvalue weighted by Crippen LogP contribution is 2.27. The van der Waals surface area contributed by atoms with Crippen LogP contribution in [0, 0.1) is 5.82 Å². The van der Waals surface area contributed by atoms with E-state index >= 15 is 0 Å². The van der Waals surface area contributed by atoms with Gasteiger partial charge < -0.3 is 15.0 Å².